The molecule has 145 valence electrons. The Morgan fingerprint density at radius 2 is 1.00 bits per heavy atom. The molecule has 0 saturated carbocycles. The van der Waals surface area contributed by atoms with Crippen molar-refractivity contribution in [2.45, 2.75) is 136 Å². The van der Waals surface area contributed by atoms with Crippen LogP contribution in [0.3, 0.4) is 0 Å². The van der Waals surface area contributed by atoms with Crippen molar-refractivity contribution in [1.29, 1.82) is 0 Å². The van der Waals surface area contributed by atoms with Crippen molar-refractivity contribution in [1.82, 2.24) is 0 Å². The van der Waals surface area contributed by atoms with Crippen molar-refractivity contribution in [2.24, 2.45) is 0 Å². The molecule has 0 N–H and O–H groups in total. The molecule has 0 aliphatic rings. The predicted molar refractivity (Wildman–Crippen MR) is 105 cm³/mol. The van der Waals surface area contributed by atoms with Crippen LogP contribution in [0.4, 0.5) is 0 Å². The largest absolute Gasteiger partial charge is 0.347 e. The van der Waals surface area contributed by atoms with Crippen molar-refractivity contribution in [3.05, 3.63) is 0 Å². The van der Waals surface area contributed by atoms with E-state index in [2.05, 4.69) is 20.8 Å². The molecule has 0 aromatic carbocycles. The molecule has 0 spiro atoms. The third-order valence-electron chi connectivity index (χ3n) is 4.91. The van der Waals surface area contributed by atoms with E-state index in [0.29, 0.717) is 19.4 Å². The summed E-state index contributed by atoms with van der Waals surface area (Å²) >= 11 is 0. The molecule has 1 atom stereocenters. The van der Waals surface area contributed by atoms with Crippen LogP contribution in [0.2, 0.25) is 0 Å². The van der Waals surface area contributed by atoms with E-state index < -0.39 is 5.79 Å². The zero-order valence-corrected chi connectivity index (χ0v) is 17.0. The Kier molecular flexibility index (Phi) is 17.7. The summed E-state index contributed by atoms with van der Waals surface area (Å²) in [6.45, 7) is 7.25. The molecule has 0 fully saturated rings. The third kappa shape index (κ3) is 15.4. The second-order valence-corrected chi connectivity index (χ2v) is 7.50. The van der Waals surface area contributed by atoms with Crippen LogP contribution in [0, 0.1) is 0 Å². The normalized spacial score (nSPS) is 14.0. The molecule has 0 rings (SSSR count). The van der Waals surface area contributed by atoms with E-state index in [1.807, 2.05) is 0 Å². The second kappa shape index (κ2) is 17.7. The Bertz CT molecular complexity index is 242. The number of hydrogen-bond donors (Lipinski definition) is 0. The summed E-state index contributed by atoms with van der Waals surface area (Å²) in [5.74, 6) is -1.11. The highest BCUT2D eigenvalue weighted by atomic mass is 16.6. The Balaban J connectivity index is 3.65. The molecule has 0 aromatic heterocycles. The highest BCUT2D eigenvalue weighted by Crippen LogP contribution is 2.24. The molecule has 0 amide bonds. The SMILES string of the molecule is CCCCCCCCCCOC([O])(CCC)CCCCCCCC. The molecule has 1 radical (unpaired) electrons. The highest BCUT2D eigenvalue weighted by Gasteiger charge is 2.28. The van der Waals surface area contributed by atoms with Gasteiger partial charge in [-0.15, -0.1) is 0 Å². The molecular weight excluding hydrogens is 296 g/mol. The van der Waals surface area contributed by atoms with Gasteiger partial charge in [-0.3, -0.25) is 0 Å². The maximum Gasteiger partial charge on any atom is 0.201 e. The van der Waals surface area contributed by atoms with Crippen LogP contribution in [0.1, 0.15) is 130 Å². The fraction of sp³-hybridized carbons (Fsp3) is 1.00. The third-order valence-corrected chi connectivity index (χ3v) is 4.91. The molecule has 0 heterocycles. The lowest BCUT2D eigenvalue weighted by Crippen LogP contribution is -2.31. The van der Waals surface area contributed by atoms with Gasteiger partial charge in [0.25, 0.3) is 0 Å². The van der Waals surface area contributed by atoms with Crippen molar-refractivity contribution in [2.75, 3.05) is 6.61 Å². The van der Waals surface area contributed by atoms with Crippen LogP contribution in [0.25, 0.3) is 0 Å². The molecule has 24 heavy (non-hydrogen) atoms. The molecule has 1 unspecified atom stereocenters. The summed E-state index contributed by atoms with van der Waals surface area (Å²) in [6.07, 6.45) is 20.0. The van der Waals surface area contributed by atoms with Gasteiger partial charge in [0, 0.05) is 12.8 Å². The van der Waals surface area contributed by atoms with E-state index in [4.69, 9.17) is 4.74 Å². The second-order valence-electron chi connectivity index (χ2n) is 7.50. The lowest BCUT2D eigenvalue weighted by molar-refractivity contribution is -0.249. The standard InChI is InChI=1S/C22H45O2/c1-4-7-9-11-13-14-16-18-21-24-22(23,19-6-3)20-17-15-12-10-8-5-2/h4-21H2,1-3H3. The Morgan fingerprint density at radius 3 is 1.50 bits per heavy atom. The molecule has 0 aromatic rings. The van der Waals surface area contributed by atoms with Gasteiger partial charge in [0.1, 0.15) is 0 Å². The zero-order chi connectivity index (χ0) is 17.9. The van der Waals surface area contributed by atoms with E-state index >= 15 is 0 Å². The number of hydrogen-bond acceptors (Lipinski definition) is 1. The van der Waals surface area contributed by atoms with Crippen molar-refractivity contribution >= 4 is 0 Å². The minimum Gasteiger partial charge on any atom is -0.347 e. The Morgan fingerprint density at radius 1 is 0.542 bits per heavy atom. The molecule has 0 aliphatic carbocycles. The first-order chi connectivity index (χ1) is 11.7. The van der Waals surface area contributed by atoms with Gasteiger partial charge in [0.05, 0.1) is 6.61 Å². The molecule has 2 nitrogen and oxygen atoms in total. The molecule has 0 bridgehead atoms. The minimum atomic E-state index is -1.11. The van der Waals surface area contributed by atoms with Crippen LogP contribution in [-0.2, 0) is 9.84 Å². The van der Waals surface area contributed by atoms with Crippen LogP contribution in [0.5, 0.6) is 0 Å². The predicted octanol–water partition coefficient (Wildman–Crippen LogP) is 7.82. The zero-order valence-electron chi connectivity index (χ0n) is 17.0. The monoisotopic (exact) mass is 341 g/mol. The number of rotatable bonds is 19. The van der Waals surface area contributed by atoms with Gasteiger partial charge < -0.3 is 4.74 Å². The maximum atomic E-state index is 12.8. The highest BCUT2D eigenvalue weighted by molar-refractivity contribution is 4.67. The summed E-state index contributed by atoms with van der Waals surface area (Å²) in [7, 11) is 0. The first-order valence-electron chi connectivity index (χ1n) is 11.0. The molecule has 2 heteroatoms. The average Bonchev–Trinajstić information content (AvgIpc) is 2.57. The van der Waals surface area contributed by atoms with Gasteiger partial charge in [0.2, 0.25) is 5.79 Å². The first kappa shape index (κ1) is 23.9. The molecule has 0 aliphatic heterocycles. The van der Waals surface area contributed by atoms with Crippen molar-refractivity contribution in [3.8, 4) is 0 Å². The van der Waals surface area contributed by atoms with E-state index in [1.165, 1.54) is 77.0 Å². The van der Waals surface area contributed by atoms with Gasteiger partial charge in [0.15, 0.2) is 0 Å². The maximum absolute atomic E-state index is 12.8. The van der Waals surface area contributed by atoms with Gasteiger partial charge in [-0.05, 0) is 12.8 Å². The smallest absolute Gasteiger partial charge is 0.201 e. The van der Waals surface area contributed by atoms with E-state index in [0.717, 1.165) is 19.3 Å². The van der Waals surface area contributed by atoms with Crippen LogP contribution in [0.15, 0.2) is 0 Å². The summed E-state index contributed by atoms with van der Waals surface area (Å²) in [4.78, 5) is 0. The van der Waals surface area contributed by atoms with Crippen molar-refractivity contribution in [3.63, 3.8) is 0 Å². The first-order valence-corrected chi connectivity index (χ1v) is 11.0. The van der Waals surface area contributed by atoms with Gasteiger partial charge in [-0.2, -0.15) is 5.11 Å². The lowest BCUT2D eigenvalue weighted by Gasteiger charge is -2.25. The fourth-order valence-electron chi connectivity index (χ4n) is 3.32. The van der Waals surface area contributed by atoms with Gasteiger partial charge in [-0.1, -0.05) is 104 Å². The Hall–Kier alpha value is -0.0800. The summed E-state index contributed by atoms with van der Waals surface area (Å²) in [5.41, 5.74) is 0. The van der Waals surface area contributed by atoms with Crippen LogP contribution >= 0.6 is 0 Å². The topological polar surface area (TPSA) is 29.1 Å². The van der Waals surface area contributed by atoms with Gasteiger partial charge in [-0.25, -0.2) is 0 Å². The number of unbranched alkanes of at least 4 members (excludes halogenated alkanes) is 12. The fourth-order valence-corrected chi connectivity index (χ4v) is 3.32. The summed E-state index contributed by atoms with van der Waals surface area (Å²) in [6, 6.07) is 0. The summed E-state index contributed by atoms with van der Waals surface area (Å²) < 4.78 is 5.79. The van der Waals surface area contributed by atoms with Gasteiger partial charge >= 0.3 is 0 Å². The van der Waals surface area contributed by atoms with E-state index in [-0.39, 0.29) is 0 Å². The van der Waals surface area contributed by atoms with Crippen molar-refractivity contribution < 1.29 is 9.84 Å². The molecule has 0 saturated heterocycles. The average molecular weight is 342 g/mol. The quantitative estimate of drug-likeness (QED) is 0.174. The van der Waals surface area contributed by atoms with E-state index in [9.17, 15) is 5.11 Å². The van der Waals surface area contributed by atoms with E-state index in [1.54, 1.807) is 0 Å². The lowest BCUT2D eigenvalue weighted by atomic mass is 10.0. The molecular formula is C22H45O2. The Labute approximate surface area is 152 Å². The van der Waals surface area contributed by atoms with Crippen LogP contribution in [-0.4, -0.2) is 12.4 Å². The van der Waals surface area contributed by atoms with Crippen LogP contribution < -0.4 is 0 Å². The summed E-state index contributed by atoms with van der Waals surface area (Å²) in [5, 5.41) is 12.8. The minimum absolute atomic E-state index is 0.661. The number of ether oxygens (including phenoxy) is 1.